The van der Waals surface area contributed by atoms with Crippen molar-refractivity contribution < 1.29 is 14.4 Å². The van der Waals surface area contributed by atoms with Crippen molar-refractivity contribution in [2.45, 2.75) is 45.3 Å². The summed E-state index contributed by atoms with van der Waals surface area (Å²) in [6.45, 7) is 5.49. The molecule has 1 aromatic heterocycles. The van der Waals surface area contributed by atoms with Gasteiger partial charge in [0.15, 0.2) is 5.75 Å². The highest BCUT2D eigenvalue weighted by Crippen LogP contribution is 2.40. The maximum absolute atomic E-state index is 11.0. The molecule has 98 valence electrons. The van der Waals surface area contributed by atoms with E-state index < -0.39 is 10.5 Å². The van der Waals surface area contributed by atoms with Gasteiger partial charge in [-0.2, -0.15) is 0 Å². The second kappa shape index (κ2) is 4.44. The Kier molecular flexibility index (Phi) is 3.11. The molecule has 1 saturated carbocycles. The third kappa shape index (κ3) is 3.09. The Morgan fingerprint density at radius 1 is 1.39 bits per heavy atom. The molecular weight excluding hydrogens is 236 g/mol. The molecule has 0 N–H and O–H groups in total. The Morgan fingerprint density at radius 3 is 2.56 bits per heavy atom. The minimum Gasteiger partial charge on any atom is -0.485 e. The number of ether oxygens (including phenoxy) is 2. The minimum absolute atomic E-state index is 0.135. The monoisotopic (exact) mass is 252 g/mol. The summed E-state index contributed by atoms with van der Waals surface area (Å²) in [5, 5.41) is 11.0. The molecule has 2 rings (SSSR count). The van der Waals surface area contributed by atoms with Gasteiger partial charge in [-0.15, -0.1) is 0 Å². The summed E-state index contributed by atoms with van der Waals surface area (Å²) in [6, 6.07) is 0. The molecule has 0 amide bonds. The van der Waals surface area contributed by atoms with E-state index >= 15 is 0 Å². The topological polar surface area (TPSA) is 74.5 Å². The van der Waals surface area contributed by atoms with Crippen molar-refractivity contribution in [3.63, 3.8) is 0 Å². The van der Waals surface area contributed by atoms with Crippen LogP contribution in [0.1, 0.15) is 33.6 Å². The molecule has 1 aromatic rings. The average molecular weight is 252 g/mol. The molecule has 0 spiro atoms. The highest BCUT2D eigenvalue weighted by Gasteiger charge is 2.30. The van der Waals surface area contributed by atoms with Gasteiger partial charge in [0.05, 0.1) is 17.2 Å². The Hall–Kier alpha value is -1.85. The average Bonchev–Trinajstić information content (AvgIpc) is 3.02. The van der Waals surface area contributed by atoms with Crippen LogP contribution in [0.3, 0.4) is 0 Å². The molecule has 0 radical (unpaired) electrons. The van der Waals surface area contributed by atoms with Crippen LogP contribution in [0.25, 0.3) is 0 Å². The molecule has 0 aliphatic heterocycles. The van der Waals surface area contributed by atoms with Crippen molar-refractivity contribution in [1.29, 1.82) is 0 Å². The van der Waals surface area contributed by atoms with Crippen molar-refractivity contribution in [2.24, 2.45) is 0 Å². The quantitative estimate of drug-likeness (QED) is 0.608. The Morgan fingerprint density at radius 2 is 2.06 bits per heavy atom. The van der Waals surface area contributed by atoms with Crippen LogP contribution in [0, 0.1) is 10.1 Å². The molecule has 0 unspecified atom stereocenters. The van der Waals surface area contributed by atoms with Crippen molar-refractivity contribution in [3.8, 4) is 11.5 Å². The van der Waals surface area contributed by atoms with Crippen molar-refractivity contribution >= 4 is 5.69 Å². The number of aromatic nitrogens is 1. The summed E-state index contributed by atoms with van der Waals surface area (Å²) < 4.78 is 11.2. The fourth-order valence-electron chi connectivity index (χ4n) is 1.41. The largest absolute Gasteiger partial charge is 0.485 e. The standard InChI is InChI=1S/C12H16N2O4/c1-12(2,3)18-11-9(14(15)16)6-13-7-10(11)17-8-4-5-8/h6-8H,4-5H2,1-3H3. The van der Waals surface area contributed by atoms with Crippen LogP contribution in [0.4, 0.5) is 5.69 Å². The molecule has 0 aromatic carbocycles. The Balaban J connectivity index is 2.37. The zero-order valence-corrected chi connectivity index (χ0v) is 10.7. The van der Waals surface area contributed by atoms with Crippen LogP contribution in [-0.2, 0) is 0 Å². The van der Waals surface area contributed by atoms with Crippen LogP contribution in [0.2, 0.25) is 0 Å². The smallest absolute Gasteiger partial charge is 0.332 e. The Labute approximate surface area is 105 Å². The minimum atomic E-state index is -0.534. The maximum Gasteiger partial charge on any atom is 0.332 e. The van der Waals surface area contributed by atoms with Gasteiger partial charge in [0, 0.05) is 0 Å². The van der Waals surface area contributed by atoms with Gasteiger partial charge in [-0.1, -0.05) is 0 Å². The summed E-state index contributed by atoms with van der Waals surface area (Å²) in [5.74, 6) is 0.510. The second-order valence-corrected chi connectivity index (χ2v) is 5.27. The lowest BCUT2D eigenvalue weighted by molar-refractivity contribution is -0.386. The predicted molar refractivity (Wildman–Crippen MR) is 64.9 cm³/mol. The number of nitrogens with zero attached hydrogens (tertiary/aromatic N) is 2. The molecule has 6 nitrogen and oxygen atoms in total. The fraction of sp³-hybridized carbons (Fsp3) is 0.583. The predicted octanol–water partition coefficient (Wildman–Crippen LogP) is 2.71. The summed E-state index contributed by atoms with van der Waals surface area (Å²) in [4.78, 5) is 14.3. The van der Waals surface area contributed by atoms with Crippen LogP contribution >= 0.6 is 0 Å². The number of nitro groups is 1. The summed E-state index contributed by atoms with van der Waals surface area (Å²) in [7, 11) is 0. The molecule has 0 atom stereocenters. The van der Waals surface area contributed by atoms with E-state index in [2.05, 4.69) is 4.98 Å². The number of hydrogen-bond donors (Lipinski definition) is 0. The first-order valence-corrected chi connectivity index (χ1v) is 5.85. The van der Waals surface area contributed by atoms with Crippen LogP contribution in [0.5, 0.6) is 11.5 Å². The summed E-state index contributed by atoms with van der Waals surface area (Å²) >= 11 is 0. The third-order valence-corrected chi connectivity index (χ3v) is 2.27. The van der Waals surface area contributed by atoms with Crippen molar-refractivity contribution in [3.05, 3.63) is 22.5 Å². The van der Waals surface area contributed by atoms with E-state index in [0.717, 1.165) is 12.8 Å². The van der Waals surface area contributed by atoms with Gasteiger partial charge in [0.2, 0.25) is 5.75 Å². The number of rotatable bonds is 4. The molecule has 1 aliphatic carbocycles. The van der Waals surface area contributed by atoms with E-state index in [1.807, 2.05) is 20.8 Å². The van der Waals surface area contributed by atoms with Crippen molar-refractivity contribution in [1.82, 2.24) is 4.98 Å². The van der Waals surface area contributed by atoms with Crippen molar-refractivity contribution in [2.75, 3.05) is 0 Å². The van der Waals surface area contributed by atoms with Gasteiger partial charge in [-0.05, 0) is 33.6 Å². The molecule has 18 heavy (non-hydrogen) atoms. The van der Waals surface area contributed by atoms with Gasteiger partial charge in [0.25, 0.3) is 0 Å². The number of pyridine rings is 1. The summed E-state index contributed by atoms with van der Waals surface area (Å²) in [5.41, 5.74) is -0.698. The Bertz CT molecular complexity index is 464. The molecule has 0 saturated heterocycles. The first kappa shape index (κ1) is 12.6. The third-order valence-electron chi connectivity index (χ3n) is 2.27. The highest BCUT2D eigenvalue weighted by molar-refractivity contribution is 5.53. The van der Waals surface area contributed by atoms with Gasteiger partial charge < -0.3 is 9.47 Å². The SMILES string of the molecule is CC(C)(C)Oc1c(OC2CC2)cncc1[N+](=O)[O-]. The molecule has 0 bridgehead atoms. The number of hydrogen-bond acceptors (Lipinski definition) is 5. The van der Waals surface area contributed by atoms with Gasteiger partial charge >= 0.3 is 5.69 Å². The zero-order chi connectivity index (χ0) is 13.3. The van der Waals surface area contributed by atoms with Crippen LogP contribution < -0.4 is 9.47 Å². The van der Waals surface area contributed by atoms with E-state index in [9.17, 15) is 10.1 Å². The first-order valence-electron chi connectivity index (χ1n) is 5.85. The van der Waals surface area contributed by atoms with Gasteiger partial charge in [-0.3, -0.25) is 15.1 Å². The van der Waals surface area contributed by atoms with Crippen LogP contribution in [0.15, 0.2) is 12.4 Å². The normalized spacial score (nSPS) is 15.3. The molecule has 1 fully saturated rings. The highest BCUT2D eigenvalue weighted by atomic mass is 16.6. The molecule has 1 aliphatic rings. The van der Waals surface area contributed by atoms with Crippen LogP contribution in [-0.4, -0.2) is 21.6 Å². The second-order valence-electron chi connectivity index (χ2n) is 5.27. The molecule has 6 heteroatoms. The first-order chi connectivity index (χ1) is 8.37. The fourth-order valence-corrected chi connectivity index (χ4v) is 1.41. The lowest BCUT2D eigenvalue weighted by Crippen LogP contribution is -2.24. The molecule has 1 heterocycles. The molecular formula is C12H16N2O4. The van der Waals surface area contributed by atoms with E-state index in [1.54, 1.807) is 0 Å². The lowest BCUT2D eigenvalue weighted by atomic mass is 10.2. The van der Waals surface area contributed by atoms with E-state index in [4.69, 9.17) is 9.47 Å². The lowest BCUT2D eigenvalue weighted by Gasteiger charge is -2.22. The van der Waals surface area contributed by atoms with Gasteiger partial charge in [-0.25, -0.2) is 0 Å². The van der Waals surface area contributed by atoms with Gasteiger partial charge in [0.1, 0.15) is 11.8 Å². The van der Waals surface area contributed by atoms with E-state index in [1.165, 1.54) is 12.4 Å². The van der Waals surface area contributed by atoms with E-state index in [-0.39, 0.29) is 17.5 Å². The zero-order valence-electron chi connectivity index (χ0n) is 10.7. The maximum atomic E-state index is 11.0. The van der Waals surface area contributed by atoms with E-state index in [0.29, 0.717) is 5.75 Å². The summed E-state index contributed by atoms with van der Waals surface area (Å²) in [6.07, 6.45) is 4.72.